The van der Waals surface area contributed by atoms with Crippen molar-refractivity contribution in [2.45, 2.75) is 65.2 Å². The minimum atomic E-state index is 0.103. The van der Waals surface area contributed by atoms with Crippen LogP contribution < -0.4 is 26.6 Å². The van der Waals surface area contributed by atoms with Gasteiger partial charge in [-0.15, -0.1) is 0 Å². The first-order valence-electron chi connectivity index (χ1n) is 13.2. The van der Waals surface area contributed by atoms with E-state index in [0.717, 1.165) is 38.5 Å². The van der Waals surface area contributed by atoms with Gasteiger partial charge in [0.2, 0.25) is 0 Å². The van der Waals surface area contributed by atoms with E-state index in [4.69, 9.17) is 0 Å². The van der Waals surface area contributed by atoms with Gasteiger partial charge in [-0.05, 0) is 106 Å². The van der Waals surface area contributed by atoms with Crippen molar-refractivity contribution >= 4 is 11.3 Å². The lowest BCUT2D eigenvalue weighted by molar-refractivity contribution is 0.303. The average molecular weight is 462 g/mol. The van der Waals surface area contributed by atoms with Crippen LogP contribution in [-0.4, -0.2) is 44.4 Å². The molecule has 5 heteroatoms. The largest absolute Gasteiger partial charge is 0.387 e. The number of allylic oxidation sites excluding steroid dienone is 3. The second kappa shape index (κ2) is 11.9. The van der Waals surface area contributed by atoms with Crippen LogP contribution in [-0.2, 0) is 0 Å². The lowest BCUT2D eigenvalue weighted by atomic mass is 9.86. The number of hydrogen-bond donors (Lipinski definition) is 5. The highest BCUT2D eigenvalue weighted by Crippen LogP contribution is 2.32. The van der Waals surface area contributed by atoms with Gasteiger partial charge in [-0.1, -0.05) is 37.3 Å². The Labute approximate surface area is 206 Å². The molecule has 0 amide bonds. The van der Waals surface area contributed by atoms with Crippen LogP contribution >= 0.6 is 0 Å². The zero-order valence-corrected chi connectivity index (χ0v) is 21.4. The first kappa shape index (κ1) is 24.8. The van der Waals surface area contributed by atoms with Gasteiger partial charge in [0, 0.05) is 30.5 Å². The van der Waals surface area contributed by atoms with Crippen molar-refractivity contribution in [2.24, 2.45) is 5.92 Å². The summed E-state index contributed by atoms with van der Waals surface area (Å²) in [6.45, 7) is 12.9. The minimum Gasteiger partial charge on any atom is -0.387 e. The molecule has 0 aromatic heterocycles. The molecule has 1 fully saturated rings. The van der Waals surface area contributed by atoms with E-state index in [9.17, 15) is 0 Å². The molecule has 3 heterocycles. The summed E-state index contributed by atoms with van der Waals surface area (Å²) in [4.78, 5) is 0. The van der Waals surface area contributed by atoms with E-state index >= 15 is 0 Å². The van der Waals surface area contributed by atoms with E-state index in [2.05, 4.69) is 103 Å². The zero-order chi connectivity index (χ0) is 23.9. The van der Waals surface area contributed by atoms with Crippen LogP contribution in [0.4, 0.5) is 0 Å². The van der Waals surface area contributed by atoms with Gasteiger partial charge in [0.05, 0.1) is 0 Å². The first-order chi connectivity index (χ1) is 16.6. The summed E-state index contributed by atoms with van der Waals surface area (Å²) in [5.74, 6) is 0.764. The SMILES string of the molecule is C/C=C(\CNCC)c1cccc(C2=CC=C(C3=CNC(C4CCNCC4)C3)C(NC(C)C)N2)c1. The van der Waals surface area contributed by atoms with Gasteiger partial charge in [0.25, 0.3) is 0 Å². The minimum absolute atomic E-state index is 0.103. The van der Waals surface area contributed by atoms with Gasteiger partial charge in [-0.3, -0.25) is 5.32 Å². The Morgan fingerprint density at radius 3 is 2.74 bits per heavy atom. The van der Waals surface area contributed by atoms with Crippen molar-refractivity contribution in [3.05, 3.63) is 71.0 Å². The Morgan fingerprint density at radius 1 is 1.18 bits per heavy atom. The van der Waals surface area contributed by atoms with Gasteiger partial charge in [0.1, 0.15) is 6.17 Å². The third-order valence-electron chi connectivity index (χ3n) is 7.23. The smallest absolute Gasteiger partial charge is 0.104 e. The molecule has 1 aromatic carbocycles. The van der Waals surface area contributed by atoms with Crippen molar-refractivity contribution in [1.82, 2.24) is 26.6 Å². The number of piperidine rings is 1. The topological polar surface area (TPSA) is 60.1 Å². The number of hydrogen-bond acceptors (Lipinski definition) is 5. The van der Waals surface area contributed by atoms with Crippen molar-refractivity contribution in [2.75, 3.05) is 26.2 Å². The molecule has 3 aliphatic heterocycles. The maximum atomic E-state index is 3.82. The summed E-state index contributed by atoms with van der Waals surface area (Å²) < 4.78 is 0. The van der Waals surface area contributed by atoms with Gasteiger partial charge in [0.15, 0.2) is 0 Å². The molecule has 1 aromatic rings. The van der Waals surface area contributed by atoms with Gasteiger partial charge in [-0.25, -0.2) is 0 Å². The molecule has 1 saturated heterocycles. The Hall–Kier alpha value is -2.34. The van der Waals surface area contributed by atoms with E-state index in [0.29, 0.717) is 12.1 Å². The fourth-order valence-electron chi connectivity index (χ4n) is 5.32. The highest BCUT2D eigenvalue weighted by molar-refractivity contribution is 5.74. The van der Waals surface area contributed by atoms with E-state index in [1.54, 1.807) is 0 Å². The number of dihydropyridines is 1. The van der Waals surface area contributed by atoms with Gasteiger partial charge in [-0.2, -0.15) is 0 Å². The monoisotopic (exact) mass is 461 g/mol. The quantitative estimate of drug-likeness (QED) is 0.383. The molecule has 3 aliphatic rings. The molecule has 0 bridgehead atoms. The van der Waals surface area contributed by atoms with E-state index < -0.39 is 0 Å². The Bertz CT molecular complexity index is 949. The third kappa shape index (κ3) is 6.01. The predicted molar refractivity (Wildman–Crippen MR) is 145 cm³/mol. The fraction of sp³-hybridized carbons (Fsp3) is 0.517. The normalized spacial score (nSPS) is 23.8. The highest BCUT2D eigenvalue weighted by atomic mass is 15.1. The zero-order valence-electron chi connectivity index (χ0n) is 21.4. The molecule has 2 atom stereocenters. The molecule has 0 radical (unpaired) electrons. The number of nitrogens with one attached hydrogen (secondary N) is 5. The average Bonchev–Trinajstić information content (AvgIpc) is 3.35. The lowest BCUT2D eigenvalue weighted by Gasteiger charge is -2.32. The summed E-state index contributed by atoms with van der Waals surface area (Å²) in [6, 6.07) is 9.84. The summed E-state index contributed by atoms with van der Waals surface area (Å²) in [5, 5.41) is 18.2. The lowest BCUT2D eigenvalue weighted by Crippen LogP contribution is -2.47. The summed E-state index contributed by atoms with van der Waals surface area (Å²) in [7, 11) is 0. The maximum Gasteiger partial charge on any atom is 0.104 e. The van der Waals surface area contributed by atoms with Gasteiger partial charge < -0.3 is 21.3 Å². The van der Waals surface area contributed by atoms with E-state index in [1.165, 1.54) is 46.4 Å². The summed E-state index contributed by atoms with van der Waals surface area (Å²) in [5.41, 5.74) is 7.80. The molecule has 5 nitrogen and oxygen atoms in total. The van der Waals surface area contributed by atoms with Crippen LogP contribution in [0.1, 0.15) is 58.1 Å². The fourth-order valence-corrected chi connectivity index (χ4v) is 5.32. The number of likely N-dealkylation sites (N-methyl/N-ethyl adjacent to an activating group) is 1. The molecule has 184 valence electrons. The Balaban J connectivity index is 1.54. The molecular formula is C29H43N5. The van der Waals surface area contributed by atoms with Crippen molar-refractivity contribution in [1.29, 1.82) is 0 Å². The molecular weight excluding hydrogens is 418 g/mol. The third-order valence-corrected chi connectivity index (χ3v) is 7.23. The van der Waals surface area contributed by atoms with Crippen molar-refractivity contribution in [3.63, 3.8) is 0 Å². The van der Waals surface area contributed by atoms with E-state index in [-0.39, 0.29) is 6.17 Å². The first-order valence-corrected chi connectivity index (χ1v) is 13.2. The van der Waals surface area contributed by atoms with Crippen LogP contribution in [0, 0.1) is 5.92 Å². The second-order valence-corrected chi connectivity index (χ2v) is 10.0. The van der Waals surface area contributed by atoms with Crippen LogP contribution in [0.15, 0.2) is 59.8 Å². The van der Waals surface area contributed by atoms with Crippen LogP contribution in [0.25, 0.3) is 11.3 Å². The number of benzene rings is 1. The Kier molecular flexibility index (Phi) is 8.65. The van der Waals surface area contributed by atoms with Gasteiger partial charge >= 0.3 is 0 Å². The molecule has 0 saturated carbocycles. The van der Waals surface area contributed by atoms with Crippen molar-refractivity contribution < 1.29 is 0 Å². The molecule has 0 aliphatic carbocycles. The predicted octanol–water partition coefficient (Wildman–Crippen LogP) is 4.14. The van der Waals surface area contributed by atoms with E-state index in [1.807, 2.05) is 0 Å². The molecule has 0 spiro atoms. The maximum absolute atomic E-state index is 3.82. The highest BCUT2D eigenvalue weighted by Gasteiger charge is 2.31. The second-order valence-electron chi connectivity index (χ2n) is 10.0. The van der Waals surface area contributed by atoms with Crippen molar-refractivity contribution in [3.8, 4) is 0 Å². The van der Waals surface area contributed by atoms with Crippen LogP contribution in [0.5, 0.6) is 0 Å². The molecule has 34 heavy (non-hydrogen) atoms. The summed E-state index contributed by atoms with van der Waals surface area (Å²) in [6.07, 6.45) is 12.8. The van der Waals surface area contributed by atoms with Crippen LogP contribution in [0.2, 0.25) is 0 Å². The molecule has 4 rings (SSSR count). The molecule has 2 unspecified atom stereocenters. The molecule has 5 N–H and O–H groups in total. The standard InChI is InChI=1S/C29H43N5/c1-5-21(18-30-6-2)23-8-7-9-24(16-23)27-11-10-26(29(34-27)33-20(3)4)25-17-28(32-19-25)22-12-14-31-15-13-22/h5,7-11,16,19-20,22,28-34H,6,12-15,17-18H2,1-4H3/b21-5+. The number of rotatable bonds is 9. The van der Waals surface area contributed by atoms with Crippen LogP contribution in [0.3, 0.4) is 0 Å². The summed E-state index contributed by atoms with van der Waals surface area (Å²) >= 11 is 0. The Morgan fingerprint density at radius 2 is 2.00 bits per heavy atom.